The normalized spacial score (nSPS) is 11.9. The van der Waals surface area contributed by atoms with Crippen molar-refractivity contribution in [3.63, 3.8) is 0 Å². The SMILES string of the molecule is CN(CC(O)COCc1ccccc1)C(=O)Cc1ccc(N)cc1. The first kappa shape index (κ1) is 18.0. The fourth-order valence-corrected chi connectivity index (χ4v) is 2.30. The minimum atomic E-state index is -0.714. The van der Waals surface area contributed by atoms with Crippen LogP contribution in [0, 0.1) is 0 Å². The van der Waals surface area contributed by atoms with Crippen molar-refractivity contribution in [3.8, 4) is 0 Å². The van der Waals surface area contributed by atoms with Crippen LogP contribution in [0.2, 0.25) is 0 Å². The van der Waals surface area contributed by atoms with Gasteiger partial charge in [0.1, 0.15) is 0 Å². The van der Waals surface area contributed by atoms with Gasteiger partial charge in [0, 0.05) is 19.3 Å². The molecule has 2 aromatic carbocycles. The molecular formula is C19H24N2O3. The van der Waals surface area contributed by atoms with E-state index in [1.54, 1.807) is 19.2 Å². The Labute approximate surface area is 142 Å². The van der Waals surface area contributed by atoms with Gasteiger partial charge in [0.15, 0.2) is 0 Å². The molecule has 128 valence electrons. The van der Waals surface area contributed by atoms with Crippen LogP contribution in [-0.2, 0) is 22.6 Å². The van der Waals surface area contributed by atoms with E-state index in [-0.39, 0.29) is 25.5 Å². The number of anilines is 1. The Morgan fingerprint density at radius 1 is 1.12 bits per heavy atom. The minimum Gasteiger partial charge on any atom is -0.399 e. The van der Waals surface area contributed by atoms with E-state index in [1.165, 1.54) is 4.90 Å². The standard InChI is InChI=1S/C19H24N2O3/c1-21(19(23)11-15-7-9-17(20)10-8-15)12-18(22)14-24-13-16-5-3-2-4-6-16/h2-10,18,22H,11-14,20H2,1H3. The molecule has 0 radical (unpaired) electrons. The van der Waals surface area contributed by atoms with Crippen LogP contribution in [0.1, 0.15) is 11.1 Å². The van der Waals surface area contributed by atoms with Crippen molar-refractivity contribution in [1.82, 2.24) is 4.90 Å². The molecule has 0 spiro atoms. The van der Waals surface area contributed by atoms with Crippen LogP contribution in [-0.4, -0.2) is 42.2 Å². The van der Waals surface area contributed by atoms with Gasteiger partial charge in [-0.15, -0.1) is 0 Å². The van der Waals surface area contributed by atoms with Crippen LogP contribution in [0.15, 0.2) is 54.6 Å². The van der Waals surface area contributed by atoms with Crippen LogP contribution in [0.5, 0.6) is 0 Å². The number of carbonyl (C=O) groups excluding carboxylic acids is 1. The van der Waals surface area contributed by atoms with E-state index in [4.69, 9.17) is 10.5 Å². The number of nitrogen functional groups attached to an aromatic ring is 1. The van der Waals surface area contributed by atoms with Gasteiger partial charge in [-0.3, -0.25) is 4.79 Å². The molecule has 0 fully saturated rings. The first-order valence-electron chi connectivity index (χ1n) is 7.92. The van der Waals surface area contributed by atoms with Crippen LogP contribution in [0.3, 0.4) is 0 Å². The molecule has 24 heavy (non-hydrogen) atoms. The second kappa shape index (κ2) is 9.05. The lowest BCUT2D eigenvalue weighted by atomic mass is 10.1. The van der Waals surface area contributed by atoms with Crippen molar-refractivity contribution in [3.05, 3.63) is 65.7 Å². The predicted molar refractivity (Wildman–Crippen MR) is 94.3 cm³/mol. The van der Waals surface area contributed by atoms with Gasteiger partial charge in [-0.2, -0.15) is 0 Å². The largest absolute Gasteiger partial charge is 0.399 e. The maximum Gasteiger partial charge on any atom is 0.226 e. The first-order chi connectivity index (χ1) is 11.5. The average Bonchev–Trinajstić information content (AvgIpc) is 2.58. The van der Waals surface area contributed by atoms with Gasteiger partial charge in [-0.05, 0) is 23.3 Å². The number of hydrogen-bond acceptors (Lipinski definition) is 4. The summed E-state index contributed by atoms with van der Waals surface area (Å²) in [4.78, 5) is 13.7. The number of benzene rings is 2. The van der Waals surface area contributed by atoms with E-state index in [2.05, 4.69) is 0 Å². The van der Waals surface area contributed by atoms with Crippen molar-refractivity contribution in [2.75, 3.05) is 25.9 Å². The number of carbonyl (C=O) groups is 1. The molecular weight excluding hydrogens is 304 g/mol. The summed E-state index contributed by atoms with van der Waals surface area (Å²) in [5.41, 5.74) is 8.25. The van der Waals surface area contributed by atoms with Crippen molar-refractivity contribution >= 4 is 11.6 Å². The average molecular weight is 328 g/mol. The maximum absolute atomic E-state index is 12.2. The van der Waals surface area contributed by atoms with Crippen LogP contribution >= 0.6 is 0 Å². The predicted octanol–water partition coefficient (Wildman–Crippen LogP) is 1.85. The summed E-state index contributed by atoms with van der Waals surface area (Å²) >= 11 is 0. The number of aliphatic hydroxyl groups is 1. The molecule has 2 rings (SSSR count). The highest BCUT2D eigenvalue weighted by molar-refractivity contribution is 5.78. The summed E-state index contributed by atoms with van der Waals surface area (Å²) < 4.78 is 5.49. The Hall–Kier alpha value is -2.37. The van der Waals surface area contributed by atoms with Gasteiger partial charge in [0.2, 0.25) is 5.91 Å². The maximum atomic E-state index is 12.2. The van der Waals surface area contributed by atoms with E-state index in [1.807, 2.05) is 42.5 Å². The molecule has 0 saturated carbocycles. The number of amides is 1. The third-order valence-corrected chi connectivity index (χ3v) is 3.67. The molecule has 0 aliphatic heterocycles. The molecule has 1 atom stereocenters. The molecule has 0 aromatic heterocycles. The molecule has 0 bridgehead atoms. The number of aliphatic hydroxyl groups excluding tert-OH is 1. The number of nitrogens with two attached hydrogens (primary N) is 1. The first-order valence-corrected chi connectivity index (χ1v) is 7.92. The summed E-state index contributed by atoms with van der Waals surface area (Å²) in [5.74, 6) is -0.0538. The summed E-state index contributed by atoms with van der Waals surface area (Å²) in [7, 11) is 1.68. The Balaban J connectivity index is 1.71. The van der Waals surface area contributed by atoms with E-state index in [0.29, 0.717) is 12.3 Å². The van der Waals surface area contributed by atoms with Gasteiger partial charge in [0.05, 0.1) is 25.7 Å². The van der Waals surface area contributed by atoms with E-state index in [0.717, 1.165) is 11.1 Å². The zero-order valence-electron chi connectivity index (χ0n) is 13.9. The highest BCUT2D eigenvalue weighted by Crippen LogP contribution is 2.08. The molecule has 0 heterocycles. The summed E-state index contributed by atoms with van der Waals surface area (Å²) in [6.45, 7) is 0.873. The molecule has 1 unspecified atom stereocenters. The highest BCUT2D eigenvalue weighted by Gasteiger charge is 2.14. The van der Waals surface area contributed by atoms with E-state index in [9.17, 15) is 9.90 Å². The summed E-state index contributed by atoms with van der Waals surface area (Å²) in [5, 5.41) is 10.0. The lowest BCUT2D eigenvalue weighted by molar-refractivity contribution is -0.131. The summed E-state index contributed by atoms with van der Waals surface area (Å²) in [6.07, 6.45) is -0.428. The lowest BCUT2D eigenvalue weighted by Crippen LogP contribution is -2.37. The fraction of sp³-hybridized carbons (Fsp3) is 0.316. The number of hydrogen-bond donors (Lipinski definition) is 2. The highest BCUT2D eigenvalue weighted by atomic mass is 16.5. The van der Waals surface area contributed by atoms with Crippen LogP contribution in [0.4, 0.5) is 5.69 Å². The molecule has 0 aliphatic rings. The van der Waals surface area contributed by atoms with Gasteiger partial charge in [-0.25, -0.2) is 0 Å². The van der Waals surface area contributed by atoms with Gasteiger partial charge < -0.3 is 20.5 Å². The third kappa shape index (κ3) is 6.02. The molecule has 0 saturated heterocycles. The third-order valence-electron chi connectivity index (χ3n) is 3.67. The van der Waals surface area contributed by atoms with Crippen molar-refractivity contribution in [2.45, 2.75) is 19.1 Å². The molecule has 3 N–H and O–H groups in total. The Morgan fingerprint density at radius 3 is 2.46 bits per heavy atom. The van der Waals surface area contributed by atoms with Gasteiger partial charge in [-0.1, -0.05) is 42.5 Å². The quantitative estimate of drug-likeness (QED) is 0.725. The number of rotatable bonds is 8. The molecule has 5 heteroatoms. The van der Waals surface area contributed by atoms with Crippen molar-refractivity contribution in [1.29, 1.82) is 0 Å². The zero-order valence-corrected chi connectivity index (χ0v) is 13.9. The molecule has 0 aliphatic carbocycles. The number of nitrogens with zero attached hydrogens (tertiary/aromatic N) is 1. The zero-order chi connectivity index (χ0) is 17.4. The fourth-order valence-electron chi connectivity index (χ4n) is 2.30. The molecule has 2 aromatic rings. The number of likely N-dealkylation sites (N-methyl/N-ethyl adjacent to an activating group) is 1. The van der Waals surface area contributed by atoms with Gasteiger partial charge >= 0.3 is 0 Å². The monoisotopic (exact) mass is 328 g/mol. The second-order valence-corrected chi connectivity index (χ2v) is 5.85. The number of ether oxygens (including phenoxy) is 1. The molecule has 5 nitrogen and oxygen atoms in total. The van der Waals surface area contributed by atoms with E-state index >= 15 is 0 Å². The Kier molecular flexibility index (Phi) is 6.78. The van der Waals surface area contributed by atoms with Crippen molar-refractivity contribution < 1.29 is 14.6 Å². The minimum absolute atomic E-state index is 0.0538. The summed E-state index contributed by atoms with van der Waals surface area (Å²) in [6, 6.07) is 17.0. The smallest absolute Gasteiger partial charge is 0.226 e. The van der Waals surface area contributed by atoms with Crippen LogP contribution in [0.25, 0.3) is 0 Å². The topological polar surface area (TPSA) is 75.8 Å². The lowest BCUT2D eigenvalue weighted by Gasteiger charge is -2.21. The van der Waals surface area contributed by atoms with Gasteiger partial charge in [0.25, 0.3) is 0 Å². The second-order valence-electron chi connectivity index (χ2n) is 5.85. The molecule has 1 amide bonds. The Morgan fingerprint density at radius 2 is 1.79 bits per heavy atom. The van der Waals surface area contributed by atoms with E-state index < -0.39 is 6.10 Å². The Bertz CT molecular complexity index is 629. The van der Waals surface area contributed by atoms with Crippen molar-refractivity contribution in [2.24, 2.45) is 0 Å². The van der Waals surface area contributed by atoms with Crippen LogP contribution < -0.4 is 5.73 Å².